The average molecular weight is 539 g/mol. The van der Waals surface area contributed by atoms with Crippen LogP contribution in [0.3, 0.4) is 0 Å². The maximum absolute atomic E-state index is 13.1. The predicted octanol–water partition coefficient (Wildman–Crippen LogP) is 5.77. The third-order valence-electron chi connectivity index (χ3n) is 5.93. The number of quaternary nitrogens is 1. The molecule has 0 bridgehead atoms. The van der Waals surface area contributed by atoms with Crippen molar-refractivity contribution >= 4 is 33.1 Å². The summed E-state index contributed by atoms with van der Waals surface area (Å²) >= 11 is 0. The Hall–Kier alpha value is -3.18. The molecule has 1 unspecified atom stereocenters. The number of rotatable bonds is 9. The molecule has 0 amide bonds. The number of alkyl halides is 3. The highest BCUT2D eigenvalue weighted by atomic mass is 32.2. The van der Waals surface area contributed by atoms with Gasteiger partial charge in [0.15, 0.2) is 11.3 Å². The Bertz CT molecular complexity index is 1330. The summed E-state index contributed by atoms with van der Waals surface area (Å²) < 4.78 is 69.4. The van der Waals surface area contributed by atoms with Crippen LogP contribution in [0.15, 0.2) is 59.2 Å². The van der Waals surface area contributed by atoms with Crippen molar-refractivity contribution in [2.75, 3.05) is 24.9 Å². The molecule has 2 aromatic rings. The van der Waals surface area contributed by atoms with E-state index < -0.39 is 21.5 Å². The van der Waals surface area contributed by atoms with Crippen LogP contribution in [0.2, 0.25) is 0 Å². The first-order chi connectivity index (χ1) is 17.3. The zero-order valence-electron chi connectivity index (χ0n) is 21.4. The van der Waals surface area contributed by atoms with E-state index in [0.29, 0.717) is 34.7 Å². The monoisotopic (exact) mass is 538 g/mol. The molecule has 0 aromatic heterocycles. The Labute approximate surface area is 215 Å². The lowest BCUT2D eigenvalue weighted by atomic mass is 9.94. The minimum atomic E-state index is -5.59. The normalized spacial score (nSPS) is 18.2. The van der Waals surface area contributed by atoms with Gasteiger partial charge in [-0.1, -0.05) is 56.2 Å². The van der Waals surface area contributed by atoms with Gasteiger partial charge in [-0.2, -0.15) is 26.2 Å². The number of halogens is 3. The Morgan fingerprint density at radius 2 is 1.65 bits per heavy atom. The summed E-state index contributed by atoms with van der Waals surface area (Å²) in [5.74, 6) is -0.488. The molecular weight excluding hydrogens is 507 g/mol. The average Bonchev–Trinajstić information content (AvgIpc) is 3.12. The van der Waals surface area contributed by atoms with Crippen LogP contribution in [0.25, 0.3) is 16.8 Å². The Kier molecular flexibility index (Phi) is 8.18. The van der Waals surface area contributed by atoms with Crippen LogP contribution >= 0.6 is 0 Å². The highest BCUT2D eigenvalue weighted by Crippen LogP contribution is 2.40. The Morgan fingerprint density at radius 1 is 1.05 bits per heavy atom. The van der Waals surface area contributed by atoms with Gasteiger partial charge < -0.3 is 4.74 Å². The molecule has 0 radical (unpaired) electrons. The Morgan fingerprint density at radius 3 is 2.19 bits per heavy atom. The van der Waals surface area contributed by atoms with E-state index in [4.69, 9.17) is 9.84 Å². The number of nitrogens with one attached hydrogen (secondary N) is 1. The number of carbonyl (C=O) groups is 1. The summed E-state index contributed by atoms with van der Waals surface area (Å²) in [6.45, 7) is 8.52. The van der Waals surface area contributed by atoms with Gasteiger partial charge in [0.25, 0.3) is 0 Å². The highest BCUT2D eigenvalue weighted by Gasteiger charge is 2.47. The number of esters is 1. The zero-order valence-corrected chi connectivity index (χ0v) is 22.2. The van der Waals surface area contributed by atoms with Gasteiger partial charge in [0.2, 0.25) is 0 Å². The highest BCUT2D eigenvalue weighted by molar-refractivity contribution is 7.93. The SMILES string of the molecule is CCC[N+]1(C)N=C(C(C)C)C(C(=O)OCC)=C1c1ccc(-c2ccccc2NS(=O)(=O)C(F)(F)F)cc1. The summed E-state index contributed by atoms with van der Waals surface area (Å²) in [4.78, 5) is 13.1. The quantitative estimate of drug-likeness (QED) is 0.324. The molecule has 1 N–H and O–H groups in total. The largest absolute Gasteiger partial charge is 0.516 e. The first-order valence-corrected chi connectivity index (χ1v) is 13.4. The third-order valence-corrected chi connectivity index (χ3v) is 7.03. The number of carbonyl (C=O) groups excluding carboxylic acids is 1. The van der Waals surface area contributed by atoms with Gasteiger partial charge in [0.1, 0.15) is 12.3 Å². The van der Waals surface area contributed by atoms with Crippen molar-refractivity contribution in [3.63, 3.8) is 0 Å². The number of hydrogen-bond acceptors (Lipinski definition) is 5. The van der Waals surface area contributed by atoms with E-state index in [1.165, 1.54) is 18.2 Å². The van der Waals surface area contributed by atoms with E-state index in [0.717, 1.165) is 6.42 Å². The van der Waals surface area contributed by atoms with E-state index in [2.05, 4.69) is 0 Å². The van der Waals surface area contributed by atoms with Crippen molar-refractivity contribution in [2.24, 2.45) is 11.0 Å². The van der Waals surface area contributed by atoms with Crippen molar-refractivity contribution in [3.05, 3.63) is 59.7 Å². The van der Waals surface area contributed by atoms with Crippen molar-refractivity contribution in [3.8, 4) is 11.1 Å². The van der Waals surface area contributed by atoms with Crippen LogP contribution in [0, 0.1) is 5.92 Å². The molecular formula is C26H31F3N3O4S+. The van der Waals surface area contributed by atoms with E-state index in [1.54, 1.807) is 42.0 Å². The molecule has 3 rings (SSSR count). The molecule has 37 heavy (non-hydrogen) atoms. The van der Waals surface area contributed by atoms with Crippen LogP contribution in [-0.2, 0) is 19.6 Å². The first-order valence-electron chi connectivity index (χ1n) is 11.9. The van der Waals surface area contributed by atoms with Crippen molar-refractivity contribution in [1.82, 2.24) is 0 Å². The van der Waals surface area contributed by atoms with E-state index >= 15 is 0 Å². The molecule has 11 heteroatoms. The fourth-order valence-electron chi connectivity index (χ4n) is 4.36. The first kappa shape index (κ1) is 28.4. The minimum Gasteiger partial charge on any atom is -0.462 e. The number of ether oxygens (including phenoxy) is 1. The fraction of sp³-hybridized carbons (Fsp3) is 0.385. The summed E-state index contributed by atoms with van der Waals surface area (Å²) in [5, 5.41) is 4.91. The van der Waals surface area contributed by atoms with Crippen LogP contribution in [0.5, 0.6) is 0 Å². The molecule has 1 atom stereocenters. The minimum absolute atomic E-state index is 0.0287. The van der Waals surface area contributed by atoms with Crippen molar-refractivity contribution < 1.29 is 35.7 Å². The van der Waals surface area contributed by atoms with E-state index in [-0.39, 0.29) is 28.4 Å². The summed E-state index contributed by atoms with van der Waals surface area (Å²) in [6, 6.07) is 12.7. The van der Waals surface area contributed by atoms with Crippen LogP contribution in [-0.4, -0.2) is 50.4 Å². The Balaban J connectivity index is 2.12. The third kappa shape index (κ3) is 5.72. The standard InChI is InChI=1S/C26H30F3N3O4S/c1-6-16-32(5)24(22(25(33)36-7-2)23(30-32)17(3)4)19-14-12-18(13-15-19)20-10-8-9-11-21(20)31-37(34,35)26(27,28)29/h8-15,17H,6-7,16H2,1-5H3/p+1. The van der Waals surface area contributed by atoms with E-state index in [1.807, 2.05) is 27.8 Å². The second kappa shape index (κ2) is 10.7. The lowest BCUT2D eigenvalue weighted by Crippen LogP contribution is -2.35. The summed E-state index contributed by atoms with van der Waals surface area (Å²) in [6.07, 6.45) is 0.801. The van der Waals surface area contributed by atoms with Crippen LogP contribution in [0.4, 0.5) is 18.9 Å². The molecule has 1 heterocycles. The molecule has 7 nitrogen and oxygen atoms in total. The van der Waals surface area contributed by atoms with Crippen molar-refractivity contribution in [2.45, 2.75) is 39.6 Å². The van der Waals surface area contributed by atoms with Gasteiger partial charge in [-0.3, -0.25) is 4.72 Å². The number of nitrogens with zero attached hydrogens (tertiary/aromatic N) is 2. The van der Waals surface area contributed by atoms with E-state index in [9.17, 15) is 26.4 Å². The van der Waals surface area contributed by atoms with Gasteiger partial charge in [-0.05, 0) is 37.1 Å². The summed E-state index contributed by atoms with van der Waals surface area (Å²) in [7, 11) is -3.67. The molecule has 0 spiro atoms. The number of benzene rings is 2. The molecule has 0 saturated carbocycles. The zero-order chi connectivity index (χ0) is 27.6. The molecule has 1 aliphatic heterocycles. The molecule has 0 fully saturated rings. The molecule has 1 aliphatic rings. The molecule has 0 aliphatic carbocycles. The maximum Gasteiger partial charge on any atom is 0.516 e. The number of sulfonamides is 1. The lowest BCUT2D eigenvalue weighted by molar-refractivity contribution is -0.844. The van der Waals surface area contributed by atoms with Crippen LogP contribution in [0.1, 0.15) is 39.7 Å². The number of hydrogen-bond donors (Lipinski definition) is 1. The van der Waals surface area contributed by atoms with Gasteiger partial charge >= 0.3 is 21.5 Å². The molecule has 200 valence electrons. The smallest absolute Gasteiger partial charge is 0.462 e. The van der Waals surface area contributed by atoms with Gasteiger partial charge in [0.05, 0.1) is 19.3 Å². The topological polar surface area (TPSA) is 84.8 Å². The number of anilines is 1. The second-order valence-corrected chi connectivity index (χ2v) is 10.8. The lowest BCUT2D eigenvalue weighted by Gasteiger charge is -2.26. The predicted molar refractivity (Wildman–Crippen MR) is 138 cm³/mol. The van der Waals surface area contributed by atoms with Gasteiger partial charge in [0, 0.05) is 17.0 Å². The van der Waals surface area contributed by atoms with Gasteiger partial charge in [-0.15, -0.1) is 0 Å². The van der Waals surface area contributed by atoms with Gasteiger partial charge in [-0.25, -0.2) is 4.79 Å². The molecule has 0 saturated heterocycles. The second-order valence-electron chi connectivity index (χ2n) is 9.12. The number of para-hydroxylation sites is 1. The maximum atomic E-state index is 13.1. The summed E-state index contributed by atoms with van der Waals surface area (Å²) in [5.41, 5.74) is -2.42. The van der Waals surface area contributed by atoms with Crippen molar-refractivity contribution in [1.29, 1.82) is 0 Å². The fourth-order valence-corrected chi connectivity index (χ4v) is 4.95. The van der Waals surface area contributed by atoms with Crippen LogP contribution < -0.4 is 4.72 Å². The molecule has 2 aromatic carbocycles.